The van der Waals surface area contributed by atoms with Gasteiger partial charge in [0.05, 0.1) is 5.92 Å². The first-order chi connectivity index (χ1) is 10.5. The van der Waals surface area contributed by atoms with E-state index in [1.54, 1.807) is 31.2 Å². The molecule has 0 amide bonds. The summed E-state index contributed by atoms with van der Waals surface area (Å²) in [5.41, 5.74) is -0.546. The lowest BCUT2D eigenvalue weighted by Gasteiger charge is -2.37. The minimum Gasteiger partial charge on any atom is -0.426 e. The number of ether oxygens (including phenoxy) is 1. The summed E-state index contributed by atoms with van der Waals surface area (Å²) >= 11 is 0. The molecule has 0 unspecified atom stereocenters. The Balaban J connectivity index is 2.27. The van der Waals surface area contributed by atoms with Gasteiger partial charge in [0, 0.05) is 0 Å². The van der Waals surface area contributed by atoms with Gasteiger partial charge in [0.2, 0.25) is 0 Å². The Hall–Kier alpha value is -2.13. The SMILES string of the molecule is CC(C)[C@](O)(c1ccccc1)[C@H](C)C(=O)Oc1ccccc1. The van der Waals surface area contributed by atoms with Crippen molar-refractivity contribution in [2.45, 2.75) is 26.4 Å². The van der Waals surface area contributed by atoms with E-state index in [9.17, 15) is 9.90 Å². The van der Waals surface area contributed by atoms with Gasteiger partial charge in [0.25, 0.3) is 0 Å². The number of rotatable bonds is 5. The zero-order valence-electron chi connectivity index (χ0n) is 13.2. The molecule has 0 heterocycles. The Morgan fingerprint density at radius 1 is 0.955 bits per heavy atom. The van der Waals surface area contributed by atoms with Crippen LogP contribution in [0.1, 0.15) is 26.3 Å². The van der Waals surface area contributed by atoms with E-state index >= 15 is 0 Å². The standard InChI is InChI=1S/C19H22O3/c1-14(2)19(21,16-10-6-4-7-11-16)15(3)18(20)22-17-12-8-5-9-13-17/h4-15,21H,1-3H3/t15-,19-/m1/s1. The van der Waals surface area contributed by atoms with Crippen LogP contribution >= 0.6 is 0 Å². The quantitative estimate of drug-likeness (QED) is 0.675. The van der Waals surface area contributed by atoms with Crippen molar-refractivity contribution < 1.29 is 14.6 Å². The zero-order chi connectivity index (χ0) is 16.2. The molecule has 2 rings (SSSR count). The molecule has 0 radical (unpaired) electrons. The molecule has 0 aliphatic rings. The Morgan fingerprint density at radius 2 is 1.45 bits per heavy atom. The fourth-order valence-corrected chi connectivity index (χ4v) is 2.66. The highest BCUT2D eigenvalue weighted by atomic mass is 16.5. The van der Waals surface area contributed by atoms with E-state index in [0.29, 0.717) is 5.75 Å². The summed E-state index contributed by atoms with van der Waals surface area (Å²) in [4.78, 5) is 12.5. The Labute approximate surface area is 131 Å². The van der Waals surface area contributed by atoms with E-state index in [2.05, 4.69) is 0 Å². The summed E-state index contributed by atoms with van der Waals surface area (Å²) in [5.74, 6) is -0.770. The highest BCUT2D eigenvalue weighted by Crippen LogP contribution is 2.37. The van der Waals surface area contributed by atoms with Crippen molar-refractivity contribution in [3.8, 4) is 5.75 Å². The summed E-state index contributed by atoms with van der Waals surface area (Å²) in [6, 6.07) is 18.2. The smallest absolute Gasteiger partial charge is 0.317 e. The molecule has 2 aromatic rings. The molecule has 0 fully saturated rings. The van der Waals surface area contributed by atoms with Crippen LogP contribution in [0, 0.1) is 11.8 Å². The number of benzene rings is 2. The molecule has 0 aromatic heterocycles. The molecule has 0 bridgehead atoms. The number of carbonyl (C=O) groups excluding carboxylic acids is 1. The molecule has 2 aromatic carbocycles. The number of hydrogen-bond donors (Lipinski definition) is 1. The van der Waals surface area contributed by atoms with E-state index in [4.69, 9.17) is 4.74 Å². The lowest BCUT2D eigenvalue weighted by atomic mass is 9.74. The lowest BCUT2D eigenvalue weighted by Crippen LogP contribution is -2.44. The summed E-state index contributed by atoms with van der Waals surface area (Å²) in [7, 11) is 0. The average molecular weight is 298 g/mol. The molecule has 22 heavy (non-hydrogen) atoms. The minimum atomic E-state index is -1.27. The number of carbonyl (C=O) groups is 1. The van der Waals surface area contributed by atoms with Crippen molar-refractivity contribution in [2.24, 2.45) is 11.8 Å². The second-order valence-electron chi connectivity index (χ2n) is 5.80. The van der Waals surface area contributed by atoms with Gasteiger partial charge in [0.1, 0.15) is 11.4 Å². The molecule has 1 N–H and O–H groups in total. The van der Waals surface area contributed by atoms with Crippen LogP contribution in [0.2, 0.25) is 0 Å². The third kappa shape index (κ3) is 3.20. The van der Waals surface area contributed by atoms with Crippen LogP contribution < -0.4 is 4.74 Å². The van der Waals surface area contributed by atoms with Gasteiger partial charge in [-0.15, -0.1) is 0 Å². The molecular formula is C19H22O3. The molecule has 3 heteroatoms. The van der Waals surface area contributed by atoms with Gasteiger partial charge in [-0.25, -0.2) is 0 Å². The normalized spacial score (nSPS) is 15.1. The monoisotopic (exact) mass is 298 g/mol. The Bertz CT molecular complexity index is 607. The number of para-hydroxylation sites is 1. The van der Waals surface area contributed by atoms with Gasteiger partial charge < -0.3 is 9.84 Å². The summed E-state index contributed by atoms with van der Waals surface area (Å²) < 4.78 is 5.40. The van der Waals surface area contributed by atoms with Gasteiger partial charge >= 0.3 is 5.97 Å². The van der Waals surface area contributed by atoms with Crippen molar-refractivity contribution in [3.63, 3.8) is 0 Å². The molecule has 0 saturated carbocycles. The van der Waals surface area contributed by atoms with E-state index in [1.165, 1.54) is 0 Å². The maximum absolute atomic E-state index is 12.5. The first-order valence-electron chi connectivity index (χ1n) is 7.51. The van der Waals surface area contributed by atoms with E-state index in [1.807, 2.05) is 50.2 Å². The maximum Gasteiger partial charge on any atom is 0.317 e. The van der Waals surface area contributed by atoms with Crippen LogP contribution in [0.5, 0.6) is 5.75 Å². The average Bonchev–Trinajstić information content (AvgIpc) is 2.54. The van der Waals surface area contributed by atoms with E-state index in [-0.39, 0.29) is 5.92 Å². The second-order valence-corrected chi connectivity index (χ2v) is 5.80. The zero-order valence-corrected chi connectivity index (χ0v) is 13.2. The van der Waals surface area contributed by atoms with Crippen LogP contribution in [-0.4, -0.2) is 11.1 Å². The first-order valence-corrected chi connectivity index (χ1v) is 7.51. The highest BCUT2D eigenvalue weighted by Gasteiger charge is 2.43. The van der Waals surface area contributed by atoms with Crippen LogP contribution in [0.3, 0.4) is 0 Å². The fourth-order valence-electron chi connectivity index (χ4n) is 2.66. The minimum absolute atomic E-state index is 0.131. The Morgan fingerprint density at radius 3 is 1.95 bits per heavy atom. The third-order valence-electron chi connectivity index (χ3n) is 4.09. The van der Waals surface area contributed by atoms with Crippen LogP contribution in [-0.2, 0) is 10.4 Å². The molecule has 0 aliphatic carbocycles. The summed E-state index contributed by atoms with van der Waals surface area (Å²) in [6.45, 7) is 5.51. The fraction of sp³-hybridized carbons (Fsp3) is 0.316. The van der Waals surface area contributed by atoms with Crippen molar-refractivity contribution >= 4 is 5.97 Å². The molecule has 0 aliphatic heterocycles. The third-order valence-corrected chi connectivity index (χ3v) is 4.09. The summed E-state index contributed by atoms with van der Waals surface area (Å²) in [6.07, 6.45) is 0. The van der Waals surface area contributed by atoms with Crippen LogP contribution in [0.4, 0.5) is 0 Å². The Kier molecular flexibility index (Phi) is 4.99. The van der Waals surface area contributed by atoms with Gasteiger partial charge in [-0.1, -0.05) is 62.4 Å². The van der Waals surface area contributed by atoms with Gasteiger partial charge in [-0.2, -0.15) is 0 Å². The molecule has 116 valence electrons. The molecule has 0 spiro atoms. The molecule has 2 atom stereocenters. The van der Waals surface area contributed by atoms with E-state index in [0.717, 1.165) is 5.56 Å². The van der Waals surface area contributed by atoms with Crippen molar-refractivity contribution in [1.29, 1.82) is 0 Å². The van der Waals surface area contributed by atoms with E-state index < -0.39 is 17.5 Å². The topological polar surface area (TPSA) is 46.5 Å². The van der Waals surface area contributed by atoms with Crippen molar-refractivity contribution in [2.75, 3.05) is 0 Å². The van der Waals surface area contributed by atoms with Crippen molar-refractivity contribution in [1.82, 2.24) is 0 Å². The number of esters is 1. The number of hydrogen-bond acceptors (Lipinski definition) is 3. The highest BCUT2D eigenvalue weighted by molar-refractivity contribution is 5.76. The second kappa shape index (κ2) is 6.75. The first kappa shape index (κ1) is 16.2. The molecular weight excluding hydrogens is 276 g/mol. The van der Waals surface area contributed by atoms with Gasteiger partial charge in [-0.05, 0) is 30.5 Å². The van der Waals surface area contributed by atoms with Gasteiger partial charge in [-0.3, -0.25) is 4.79 Å². The lowest BCUT2D eigenvalue weighted by molar-refractivity contribution is -0.153. The molecule has 0 saturated heterocycles. The summed E-state index contributed by atoms with van der Waals surface area (Å²) in [5, 5.41) is 11.2. The van der Waals surface area contributed by atoms with Crippen LogP contribution in [0.25, 0.3) is 0 Å². The van der Waals surface area contributed by atoms with Crippen molar-refractivity contribution in [3.05, 3.63) is 66.2 Å². The largest absolute Gasteiger partial charge is 0.426 e. The number of aliphatic hydroxyl groups is 1. The predicted octanol–water partition coefficient (Wildman–Crippen LogP) is 3.77. The van der Waals surface area contributed by atoms with Crippen LogP contribution in [0.15, 0.2) is 60.7 Å². The predicted molar refractivity (Wildman–Crippen MR) is 86.4 cm³/mol. The van der Waals surface area contributed by atoms with Gasteiger partial charge in [0.15, 0.2) is 0 Å². The maximum atomic E-state index is 12.5. The molecule has 3 nitrogen and oxygen atoms in total.